The van der Waals surface area contributed by atoms with E-state index < -0.39 is 0 Å². The summed E-state index contributed by atoms with van der Waals surface area (Å²) in [6.45, 7) is 0.723. The Morgan fingerprint density at radius 3 is 2.75 bits per heavy atom. The monoisotopic (exact) mass is 263 g/mol. The van der Waals surface area contributed by atoms with Crippen molar-refractivity contribution in [2.45, 2.75) is 13.0 Å². The Morgan fingerprint density at radius 2 is 2.00 bits per heavy atom. The Kier molecular flexibility index (Phi) is 3.05. The van der Waals surface area contributed by atoms with Crippen molar-refractivity contribution in [2.75, 3.05) is 5.73 Å². The average molecular weight is 263 g/mol. The number of para-hydroxylation sites is 1. The Labute approximate surface area is 116 Å². The molecule has 5 heteroatoms. The van der Waals surface area contributed by atoms with E-state index in [1.54, 1.807) is 18.5 Å². The summed E-state index contributed by atoms with van der Waals surface area (Å²) in [7, 11) is 0. The number of fused-ring (bicyclic) bond motifs is 1. The minimum atomic E-state index is 0.441. The zero-order chi connectivity index (χ0) is 13.9. The Bertz CT molecular complexity index is 783. The van der Waals surface area contributed by atoms with Crippen LogP contribution in [0.4, 0.5) is 5.95 Å². The molecule has 0 saturated carbocycles. The standard InChI is InChI=1S/C15H13N5/c16-10-12-2-1-3-13-14(12)19-15(17)20(13)9-6-11-4-7-18-8-5-11/h1-5,7-8H,6,9H2,(H2,17,19). The molecular formula is C15H13N5. The number of pyridine rings is 1. The maximum Gasteiger partial charge on any atom is 0.201 e. The minimum absolute atomic E-state index is 0.441. The fourth-order valence-electron chi connectivity index (χ4n) is 2.28. The van der Waals surface area contributed by atoms with E-state index in [2.05, 4.69) is 16.0 Å². The summed E-state index contributed by atoms with van der Waals surface area (Å²) in [5.74, 6) is 0.441. The molecule has 2 aromatic heterocycles. The quantitative estimate of drug-likeness (QED) is 0.785. The van der Waals surface area contributed by atoms with E-state index in [9.17, 15) is 0 Å². The molecule has 3 aromatic rings. The van der Waals surface area contributed by atoms with Crippen LogP contribution in [0, 0.1) is 11.3 Å². The zero-order valence-corrected chi connectivity index (χ0v) is 10.8. The molecular weight excluding hydrogens is 250 g/mol. The van der Waals surface area contributed by atoms with E-state index >= 15 is 0 Å². The molecule has 0 saturated heterocycles. The summed E-state index contributed by atoms with van der Waals surface area (Å²) in [5.41, 5.74) is 9.28. The Hall–Kier alpha value is -2.87. The summed E-state index contributed by atoms with van der Waals surface area (Å²) in [4.78, 5) is 8.30. The van der Waals surface area contributed by atoms with Crippen LogP contribution < -0.4 is 5.73 Å². The van der Waals surface area contributed by atoms with E-state index in [4.69, 9.17) is 11.0 Å². The number of hydrogen-bond donors (Lipinski definition) is 1. The van der Waals surface area contributed by atoms with E-state index in [1.807, 2.05) is 28.8 Å². The van der Waals surface area contributed by atoms with Crippen molar-refractivity contribution in [2.24, 2.45) is 0 Å². The van der Waals surface area contributed by atoms with Gasteiger partial charge < -0.3 is 10.3 Å². The molecule has 0 aliphatic carbocycles. The van der Waals surface area contributed by atoms with Crippen LogP contribution >= 0.6 is 0 Å². The molecule has 98 valence electrons. The molecule has 2 heterocycles. The van der Waals surface area contributed by atoms with Gasteiger partial charge in [-0.25, -0.2) is 4.98 Å². The molecule has 0 unspecified atom stereocenters. The van der Waals surface area contributed by atoms with Crippen LogP contribution in [0.2, 0.25) is 0 Å². The molecule has 0 fully saturated rings. The van der Waals surface area contributed by atoms with Gasteiger partial charge in [0.05, 0.1) is 11.1 Å². The summed E-state index contributed by atoms with van der Waals surface area (Å²) in [5, 5.41) is 9.10. The third-order valence-electron chi connectivity index (χ3n) is 3.30. The van der Waals surface area contributed by atoms with E-state index in [-0.39, 0.29) is 0 Å². The number of aryl methyl sites for hydroxylation is 2. The van der Waals surface area contributed by atoms with E-state index in [0.29, 0.717) is 17.0 Å². The molecule has 20 heavy (non-hydrogen) atoms. The highest BCUT2D eigenvalue weighted by molar-refractivity contribution is 5.83. The van der Waals surface area contributed by atoms with Gasteiger partial charge >= 0.3 is 0 Å². The smallest absolute Gasteiger partial charge is 0.201 e. The van der Waals surface area contributed by atoms with Gasteiger partial charge in [0.2, 0.25) is 5.95 Å². The molecule has 0 radical (unpaired) electrons. The average Bonchev–Trinajstić information content (AvgIpc) is 2.81. The van der Waals surface area contributed by atoms with Crippen molar-refractivity contribution in [1.29, 1.82) is 5.26 Å². The predicted octanol–water partition coefficient (Wildman–Crippen LogP) is 2.13. The molecule has 2 N–H and O–H groups in total. The second-order valence-electron chi connectivity index (χ2n) is 4.51. The molecule has 0 atom stereocenters. The number of nitrogen functional groups attached to an aromatic ring is 1. The van der Waals surface area contributed by atoms with Crippen LogP contribution in [-0.4, -0.2) is 14.5 Å². The van der Waals surface area contributed by atoms with Crippen molar-refractivity contribution >= 4 is 17.0 Å². The second kappa shape index (κ2) is 5.02. The van der Waals surface area contributed by atoms with Crippen molar-refractivity contribution < 1.29 is 0 Å². The maximum atomic E-state index is 9.10. The summed E-state index contributed by atoms with van der Waals surface area (Å²) < 4.78 is 1.94. The first kappa shape index (κ1) is 12.2. The first-order valence-electron chi connectivity index (χ1n) is 6.33. The van der Waals surface area contributed by atoms with Gasteiger partial charge in [-0.1, -0.05) is 6.07 Å². The number of nitriles is 1. The lowest BCUT2D eigenvalue weighted by molar-refractivity contribution is 0.725. The van der Waals surface area contributed by atoms with E-state index in [1.165, 1.54) is 5.56 Å². The highest BCUT2D eigenvalue weighted by atomic mass is 15.1. The van der Waals surface area contributed by atoms with Gasteiger partial charge in [-0.3, -0.25) is 4.98 Å². The number of anilines is 1. The van der Waals surface area contributed by atoms with Gasteiger partial charge in [-0.05, 0) is 36.2 Å². The molecule has 0 aliphatic heterocycles. The lowest BCUT2D eigenvalue weighted by Gasteiger charge is -2.06. The molecule has 3 rings (SSSR count). The number of hydrogen-bond acceptors (Lipinski definition) is 4. The SMILES string of the molecule is N#Cc1cccc2c1nc(N)n2CCc1ccncc1. The van der Waals surface area contributed by atoms with Crippen molar-refractivity contribution in [3.8, 4) is 6.07 Å². The van der Waals surface area contributed by atoms with Gasteiger partial charge in [-0.2, -0.15) is 5.26 Å². The Balaban J connectivity index is 1.96. The normalized spacial score (nSPS) is 10.6. The topological polar surface area (TPSA) is 80.5 Å². The van der Waals surface area contributed by atoms with Gasteiger partial charge in [0.15, 0.2) is 0 Å². The van der Waals surface area contributed by atoms with Crippen LogP contribution in [0.1, 0.15) is 11.1 Å². The number of aromatic nitrogens is 3. The molecule has 5 nitrogen and oxygen atoms in total. The van der Waals surface area contributed by atoms with Gasteiger partial charge in [0.25, 0.3) is 0 Å². The number of imidazole rings is 1. The predicted molar refractivity (Wildman–Crippen MR) is 76.8 cm³/mol. The van der Waals surface area contributed by atoms with Gasteiger partial charge in [0, 0.05) is 18.9 Å². The molecule has 0 bridgehead atoms. The van der Waals surface area contributed by atoms with Crippen molar-refractivity contribution in [3.05, 3.63) is 53.9 Å². The lowest BCUT2D eigenvalue weighted by atomic mass is 10.2. The fourth-order valence-corrected chi connectivity index (χ4v) is 2.28. The van der Waals surface area contributed by atoms with Crippen LogP contribution in [0.25, 0.3) is 11.0 Å². The molecule has 0 spiro atoms. The first-order chi connectivity index (χ1) is 9.79. The van der Waals surface area contributed by atoms with Crippen LogP contribution in [-0.2, 0) is 13.0 Å². The highest BCUT2D eigenvalue weighted by Gasteiger charge is 2.11. The van der Waals surface area contributed by atoms with Gasteiger partial charge in [0.1, 0.15) is 11.6 Å². The largest absolute Gasteiger partial charge is 0.369 e. The summed E-state index contributed by atoms with van der Waals surface area (Å²) in [6, 6.07) is 11.6. The maximum absolute atomic E-state index is 9.10. The first-order valence-corrected chi connectivity index (χ1v) is 6.33. The van der Waals surface area contributed by atoms with Crippen molar-refractivity contribution in [1.82, 2.24) is 14.5 Å². The summed E-state index contributed by atoms with van der Waals surface area (Å²) in [6.07, 6.45) is 4.39. The molecule has 1 aromatic carbocycles. The molecule has 0 aliphatic rings. The third-order valence-corrected chi connectivity index (χ3v) is 3.30. The number of nitrogens with two attached hydrogens (primary N) is 1. The third kappa shape index (κ3) is 2.08. The lowest BCUT2D eigenvalue weighted by Crippen LogP contribution is -2.05. The van der Waals surface area contributed by atoms with E-state index in [0.717, 1.165) is 18.5 Å². The van der Waals surface area contributed by atoms with Crippen LogP contribution in [0.15, 0.2) is 42.7 Å². The second-order valence-corrected chi connectivity index (χ2v) is 4.51. The van der Waals surface area contributed by atoms with Crippen molar-refractivity contribution in [3.63, 3.8) is 0 Å². The fraction of sp³-hybridized carbons (Fsp3) is 0.133. The molecule has 0 amide bonds. The minimum Gasteiger partial charge on any atom is -0.369 e. The number of benzene rings is 1. The summed E-state index contributed by atoms with van der Waals surface area (Å²) >= 11 is 0. The van der Waals surface area contributed by atoms with Gasteiger partial charge in [-0.15, -0.1) is 0 Å². The van der Waals surface area contributed by atoms with Crippen LogP contribution in [0.3, 0.4) is 0 Å². The zero-order valence-electron chi connectivity index (χ0n) is 10.8. The number of nitrogens with zero attached hydrogens (tertiary/aromatic N) is 4. The highest BCUT2D eigenvalue weighted by Crippen LogP contribution is 2.21. The van der Waals surface area contributed by atoms with Crippen LogP contribution in [0.5, 0.6) is 0 Å². The Morgan fingerprint density at radius 1 is 1.20 bits per heavy atom. The number of rotatable bonds is 3.